The van der Waals surface area contributed by atoms with Gasteiger partial charge < -0.3 is 4.18 Å². The molecule has 0 aliphatic rings. The van der Waals surface area contributed by atoms with Crippen molar-refractivity contribution in [3.8, 4) is 5.75 Å². The fourth-order valence-electron chi connectivity index (χ4n) is 0.949. The Hall–Kier alpha value is -1.45. The summed E-state index contributed by atoms with van der Waals surface area (Å²) in [6, 6.07) is 5.48. The van der Waals surface area contributed by atoms with Crippen molar-refractivity contribution < 1.29 is 38.9 Å². The molecule has 1 aromatic rings. The Kier molecular flexibility index (Phi) is 4.03. The maximum Gasteiger partial charge on any atom is 0.448 e. The molecule has 0 atom stereocenters. The van der Waals surface area contributed by atoms with Crippen LogP contribution in [0.5, 0.6) is 5.75 Å². The zero-order valence-electron chi connectivity index (χ0n) is 8.86. The normalized spacial score (nSPS) is 13.6. The van der Waals surface area contributed by atoms with Crippen LogP contribution in [0.15, 0.2) is 30.3 Å². The summed E-state index contributed by atoms with van der Waals surface area (Å²) in [5.41, 5.74) is 0. The van der Waals surface area contributed by atoms with E-state index in [9.17, 15) is 34.8 Å². The van der Waals surface area contributed by atoms with Gasteiger partial charge in [0, 0.05) is 0 Å². The third-order valence-corrected chi connectivity index (χ3v) is 3.24. The van der Waals surface area contributed by atoms with Gasteiger partial charge in [-0.05, 0) is 12.1 Å². The highest BCUT2D eigenvalue weighted by Crippen LogP contribution is 2.43. The standard InChI is InChI=1S/C9H6F6O3S/c10-7(11)8(12,13)9(14,15)19(16,17)18-6-4-2-1-3-5-6/h1-5,7H. The molecule has 0 amide bonds. The summed E-state index contributed by atoms with van der Waals surface area (Å²) in [5, 5.41) is -6.07. The van der Waals surface area contributed by atoms with E-state index in [1.807, 2.05) is 0 Å². The van der Waals surface area contributed by atoms with Crippen molar-refractivity contribution in [1.29, 1.82) is 0 Å². The lowest BCUT2D eigenvalue weighted by Gasteiger charge is -2.24. The van der Waals surface area contributed by atoms with Crippen molar-refractivity contribution in [2.24, 2.45) is 0 Å². The minimum Gasteiger partial charge on any atom is -0.378 e. The second kappa shape index (κ2) is 4.91. The molecule has 0 heterocycles. The highest BCUT2D eigenvalue weighted by atomic mass is 32.2. The smallest absolute Gasteiger partial charge is 0.378 e. The van der Waals surface area contributed by atoms with E-state index in [2.05, 4.69) is 4.18 Å². The first-order chi connectivity index (χ1) is 8.52. The number of hydrogen-bond acceptors (Lipinski definition) is 3. The Bertz CT molecular complexity index is 528. The van der Waals surface area contributed by atoms with E-state index >= 15 is 0 Å². The van der Waals surface area contributed by atoms with Crippen LogP contribution < -0.4 is 4.18 Å². The van der Waals surface area contributed by atoms with Crippen LogP contribution in [0.2, 0.25) is 0 Å². The SMILES string of the molecule is O=S(=O)(Oc1ccccc1)C(F)(F)C(F)(F)C(F)F. The number of benzene rings is 1. The molecule has 0 saturated heterocycles. The van der Waals surface area contributed by atoms with Gasteiger partial charge in [0.15, 0.2) is 0 Å². The van der Waals surface area contributed by atoms with Crippen LogP contribution in [0.4, 0.5) is 26.3 Å². The Morgan fingerprint density at radius 1 is 1.00 bits per heavy atom. The lowest BCUT2D eigenvalue weighted by atomic mass is 10.3. The molecule has 0 aliphatic heterocycles. The van der Waals surface area contributed by atoms with Gasteiger partial charge >= 0.3 is 27.7 Å². The Morgan fingerprint density at radius 2 is 1.47 bits per heavy atom. The van der Waals surface area contributed by atoms with E-state index in [0.717, 1.165) is 12.1 Å². The number of halogens is 6. The van der Waals surface area contributed by atoms with Crippen LogP contribution in [0.3, 0.4) is 0 Å². The van der Waals surface area contributed by atoms with E-state index in [1.54, 1.807) is 0 Å². The molecule has 19 heavy (non-hydrogen) atoms. The molecule has 108 valence electrons. The molecule has 0 bridgehead atoms. The van der Waals surface area contributed by atoms with E-state index < -0.39 is 33.5 Å². The number of para-hydroxylation sites is 1. The van der Waals surface area contributed by atoms with Crippen molar-refractivity contribution in [2.45, 2.75) is 17.6 Å². The molecule has 0 spiro atoms. The average molecular weight is 308 g/mol. The molecule has 1 aromatic carbocycles. The number of alkyl halides is 6. The highest BCUT2D eigenvalue weighted by molar-refractivity contribution is 7.88. The third kappa shape index (κ3) is 2.77. The van der Waals surface area contributed by atoms with Crippen LogP contribution >= 0.6 is 0 Å². The van der Waals surface area contributed by atoms with Gasteiger partial charge in [0.2, 0.25) is 0 Å². The Balaban J connectivity index is 3.13. The second-order valence-corrected chi connectivity index (χ2v) is 4.88. The fourth-order valence-corrected chi connectivity index (χ4v) is 1.84. The van der Waals surface area contributed by atoms with Crippen molar-refractivity contribution >= 4 is 10.1 Å². The fraction of sp³-hybridized carbons (Fsp3) is 0.333. The van der Waals surface area contributed by atoms with Crippen LogP contribution in [0.1, 0.15) is 0 Å². The number of rotatable bonds is 5. The van der Waals surface area contributed by atoms with Gasteiger partial charge in [0.1, 0.15) is 5.75 Å². The zero-order valence-corrected chi connectivity index (χ0v) is 9.68. The first-order valence-corrected chi connectivity index (χ1v) is 5.96. The molecule has 0 radical (unpaired) electrons. The third-order valence-electron chi connectivity index (χ3n) is 1.93. The van der Waals surface area contributed by atoms with Gasteiger partial charge in [-0.1, -0.05) is 18.2 Å². The van der Waals surface area contributed by atoms with Crippen LogP contribution in [-0.2, 0) is 10.1 Å². The molecular formula is C9H6F6O3S. The minimum atomic E-state index is -6.28. The highest BCUT2D eigenvalue weighted by Gasteiger charge is 2.72. The molecule has 0 unspecified atom stereocenters. The first kappa shape index (κ1) is 15.6. The van der Waals surface area contributed by atoms with Crippen LogP contribution in [0.25, 0.3) is 0 Å². The zero-order chi connectivity index (χ0) is 14.9. The molecule has 0 saturated carbocycles. The van der Waals surface area contributed by atoms with Gasteiger partial charge in [-0.3, -0.25) is 0 Å². The molecule has 0 aromatic heterocycles. The molecule has 10 heteroatoms. The lowest BCUT2D eigenvalue weighted by Crippen LogP contribution is -2.52. The van der Waals surface area contributed by atoms with Crippen molar-refractivity contribution in [2.75, 3.05) is 0 Å². The topological polar surface area (TPSA) is 43.4 Å². The van der Waals surface area contributed by atoms with Crippen LogP contribution in [0, 0.1) is 0 Å². The maximum atomic E-state index is 13.0. The molecular weight excluding hydrogens is 302 g/mol. The van der Waals surface area contributed by atoms with Crippen LogP contribution in [-0.4, -0.2) is 26.0 Å². The molecule has 0 fully saturated rings. The van der Waals surface area contributed by atoms with E-state index in [0.29, 0.717) is 0 Å². The predicted octanol–water partition coefficient (Wildman–Crippen LogP) is 2.89. The van der Waals surface area contributed by atoms with E-state index in [4.69, 9.17) is 0 Å². The average Bonchev–Trinajstić information content (AvgIpc) is 2.28. The van der Waals surface area contributed by atoms with Gasteiger partial charge in [-0.2, -0.15) is 26.0 Å². The largest absolute Gasteiger partial charge is 0.448 e. The van der Waals surface area contributed by atoms with Gasteiger partial charge in [0.05, 0.1) is 0 Å². The van der Waals surface area contributed by atoms with Crippen molar-refractivity contribution in [1.82, 2.24) is 0 Å². The Labute approximate surface area is 103 Å². The summed E-state index contributed by atoms with van der Waals surface area (Å²) in [7, 11) is -6.28. The summed E-state index contributed by atoms with van der Waals surface area (Å²) in [6.07, 6.45) is -4.86. The maximum absolute atomic E-state index is 13.0. The number of hydrogen-bond donors (Lipinski definition) is 0. The quantitative estimate of drug-likeness (QED) is 0.620. The second-order valence-electron chi connectivity index (χ2n) is 3.29. The summed E-state index contributed by atoms with van der Waals surface area (Å²) in [5.74, 6) is -6.77. The van der Waals surface area contributed by atoms with Gasteiger partial charge in [-0.15, -0.1) is 0 Å². The molecule has 1 rings (SSSR count). The van der Waals surface area contributed by atoms with Crippen molar-refractivity contribution in [3.05, 3.63) is 30.3 Å². The van der Waals surface area contributed by atoms with Gasteiger partial charge in [0.25, 0.3) is 0 Å². The monoisotopic (exact) mass is 308 g/mol. The first-order valence-electron chi connectivity index (χ1n) is 4.55. The summed E-state index contributed by atoms with van der Waals surface area (Å²) >= 11 is 0. The minimum absolute atomic E-state index is 0.702. The summed E-state index contributed by atoms with van der Waals surface area (Å²) in [4.78, 5) is 0. The molecule has 0 N–H and O–H groups in total. The Morgan fingerprint density at radius 3 is 1.89 bits per heavy atom. The lowest BCUT2D eigenvalue weighted by molar-refractivity contribution is -0.227. The van der Waals surface area contributed by atoms with E-state index in [-0.39, 0.29) is 0 Å². The molecule has 3 nitrogen and oxygen atoms in total. The predicted molar refractivity (Wildman–Crippen MR) is 51.9 cm³/mol. The van der Waals surface area contributed by atoms with E-state index in [1.165, 1.54) is 18.2 Å². The van der Waals surface area contributed by atoms with Crippen molar-refractivity contribution in [3.63, 3.8) is 0 Å². The summed E-state index contributed by atoms with van der Waals surface area (Å²) in [6.45, 7) is 0. The molecule has 0 aliphatic carbocycles. The van der Waals surface area contributed by atoms with Gasteiger partial charge in [-0.25, -0.2) is 8.78 Å². The summed E-state index contributed by atoms with van der Waals surface area (Å²) < 4.78 is 100.